The van der Waals surface area contributed by atoms with E-state index in [1.165, 1.54) is 12.1 Å². The largest absolute Gasteiger partial charge is 0.468 e. The van der Waals surface area contributed by atoms with Crippen molar-refractivity contribution < 1.29 is 9.66 Å². The molecule has 0 saturated carbocycles. The van der Waals surface area contributed by atoms with Gasteiger partial charge in [0.2, 0.25) is 0 Å². The third-order valence-electron chi connectivity index (χ3n) is 2.16. The van der Waals surface area contributed by atoms with E-state index < -0.39 is 11.0 Å². The van der Waals surface area contributed by atoms with Crippen LogP contribution in [-0.4, -0.2) is 11.0 Å². The number of nitrogens with zero attached hydrogens (tertiary/aromatic N) is 2. The quantitative estimate of drug-likeness (QED) is 0.475. The zero-order valence-electron chi connectivity index (χ0n) is 9.22. The van der Waals surface area contributed by atoms with E-state index in [0.29, 0.717) is 11.8 Å². The van der Waals surface area contributed by atoms with E-state index in [1.54, 1.807) is 13.0 Å². The van der Waals surface area contributed by atoms with Crippen LogP contribution in [0.5, 0.6) is 5.75 Å². The van der Waals surface area contributed by atoms with Crippen LogP contribution in [-0.2, 0) is 5.33 Å². The summed E-state index contributed by atoms with van der Waals surface area (Å²) in [6.07, 6.45) is -0.183. The van der Waals surface area contributed by atoms with Crippen molar-refractivity contribution in [1.29, 1.82) is 5.26 Å². The molecule has 17 heavy (non-hydrogen) atoms. The van der Waals surface area contributed by atoms with E-state index in [4.69, 9.17) is 10.00 Å². The van der Waals surface area contributed by atoms with Gasteiger partial charge >= 0.3 is 5.69 Å². The average molecular weight is 299 g/mol. The number of rotatable bonds is 5. The normalized spacial score (nSPS) is 11.6. The Labute approximate surface area is 107 Å². The highest BCUT2D eigenvalue weighted by atomic mass is 79.9. The van der Waals surface area contributed by atoms with Crippen LogP contribution in [0.1, 0.15) is 18.9 Å². The molecule has 1 atom stereocenters. The minimum Gasteiger partial charge on any atom is -0.468 e. The molecule has 0 aliphatic rings. The molecule has 1 unspecified atom stereocenters. The molecular formula is C11H11BrN2O3. The first kappa shape index (κ1) is 13.5. The van der Waals surface area contributed by atoms with Gasteiger partial charge in [-0.3, -0.25) is 10.1 Å². The molecular weight excluding hydrogens is 288 g/mol. The van der Waals surface area contributed by atoms with Crippen molar-refractivity contribution in [1.82, 2.24) is 0 Å². The van der Waals surface area contributed by atoms with Crippen LogP contribution in [0.15, 0.2) is 18.2 Å². The van der Waals surface area contributed by atoms with Crippen molar-refractivity contribution >= 4 is 21.6 Å². The fourth-order valence-corrected chi connectivity index (χ4v) is 1.59. The predicted octanol–water partition coefficient (Wildman–Crippen LogP) is 3.17. The summed E-state index contributed by atoms with van der Waals surface area (Å²) in [6, 6.07) is 6.63. The monoisotopic (exact) mass is 298 g/mol. The molecule has 5 nitrogen and oxygen atoms in total. The van der Waals surface area contributed by atoms with Gasteiger partial charge in [-0.1, -0.05) is 28.9 Å². The third-order valence-corrected chi connectivity index (χ3v) is 2.81. The lowest BCUT2D eigenvalue weighted by Gasteiger charge is -2.10. The van der Waals surface area contributed by atoms with Crippen molar-refractivity contribution in [2.24, 2.45) is 0 Å². The maximum Gasteiger partial charge on any atom is 0.311 e. The molecule has 0 amide bonds. The number of nitriles is 1. The van der Waals surface area contributed by atoms with Gasteiger partial charge in [0.1, 0.15) is 6.07 Å². The van der Waals surface area contributed by atoms with Crippen LogP contribution in [0.2, 0.25) is 0 Å². The van der Waals surface area contributed by atoms with Gasteiger partial charge in [0, 0.05) is 11.4 Å². The Morgan fingerprint density at radius 2 is 2.35 bits per heavy atom. The molecule has 1 aromatic rings. The number of benzene rings is 1. The minimum absolute atomic E-state index is 0.115. The fraction of sp³-hybridized carbons (Fsp3) is 0.364. The topological polar surface area (TPSA) is 76.2 Å². The summed E-state index contributed by atoms with van der Waals surface area (Å²) in [4.78, 5) is 10.4. The Balaban J connectivity index is 3.07. The van der Waals surface area contributed by atoms with Gasteiger partial charge < -0.3 is 4.74 Å². The van der Waals surface area contributed by atoms with Crippen LogP contribution in [0.4, 0.5) is 5.69 Å². The lowest BCUT2D eigenvalue weighted by molar-refractivity contribution is -0.386. The molecule has 0 spiro atoms. The second kappa shape index (κ2) is 6.21. The number of halogens is 1. The van der Waals surface area contributed by atoms with E-state index in [0.717, 1.165) is 5.56 Å². The Bertz CT molecular complexity index is 457. The number of ether oxygens (including phenoxy) is 1. The first-order valence-corrected chi connectivity index (χ1v) is 6.14. The van der Waals surface area contributed by atoms with Crippen LogP contribution in [0.25, 0.3) is 0 Å². The number of hydrogen-bond donors (Lipinski definition) is 0. The molecule has 0 fully saturated rings. The van der Waals surface area contributed by atoms with E-state index in [1.807, 2.05) is 6.07 Å². The predicted molar refractivity (Wildman–Crippen MR) is 66.0 cm³/mol. The van der Waals surface area contributed by atoms with Crippen molar-refractivity contribution in [3.05, 3.63) is 33.9 Å². The highest BCUT2D eigenvalue weighted by Gasteiger charge is 2.18. The van der Waals surface area contributed by atoms with Gasteiger partial charge in [-0.15, -0.1) is 0 Å². The molecule has 0 N–H and O–H groups in total. The zero-order chi connectivity index (χ0) is 12.8. The van der Waals surface area contributed by atoms with Crippen molar-refractivity contribution in [3.63, 3.8) is 0 Å². The molecule has 0 heterocycles. The lowest BCUT2D eigenvalue weighted by atomic mass is 10.2. The van der Waals surface area contributed by atoms with Gasteiger partial charge in [0.25, 0.3) is 0 Å². The standard InChI is InChI=1S/C11H11BrN2O3/c1-2-9(7-13)17-11-4-3-8(6-12)5-10(11)14(15)16/h3-5,9H,2,6H2,1H3. The smallest absolute Gasteiger partial charge is 0.311 e. The summed E-state index contributed by atoms with van der Waals surface area (Å²) in [7, 11) is 0. The molecule has 0 bridgehead atoms. The number of nitro benzene ring substituents is 1. The Hall–Kier alpha value is -1.61. The Morgan fingerprint density at radius 3 is 2.82 bits per heavy atom. The summed E-state index contributed by atoms with van der Waals surface area (Å²) >= 11 is 3.23. The molecule has 0 aromatic heterocycles. The number of hydrogen-bond acceptors (Lipinski definition) is 4. The SMILES string of the molecule is CCC(C#N)Oc1ccc(CBr)cc1[N+](=O)[O-]. The highest BCUT2D eigenvalue weighted by Crippen LogP contribution is 2.29. The summed E-state index contributed by atoms with van der Waals surface area (Å²) < 4.78 is 5.29. The summed E-state index contributed by atoms with van der Waals surface area (Å²) in [6.45, 7) is 1.78. The minimum atomic E-state index is -0.663. The molecule has 90 valence electrons. The number of alkyl halides is 1. The van der Waals surface area contributed by atoms with Crippen molar-refractivity contribution in [2.45, 2.75) is 24.8 Å². The summed E-state index contributed by atoms with van der Waals surface area (Å²) in [5.41, 5.74) is 0.671. The average Bonchev–Trinajstić information content (AvgIpc) is 2.35. The molecule has 1 rings (SSSR count). The molecule has 6 heteroatoms. The van der Waals surface area contributed by atoms with E-state index in [9.17, 15) is 10.1 Å². The van der Waals surface area contributed by atoms with E-state index in [-0.39, 0.29) is 11.4 Å². The first-order valence-electron chi connectivity index (χ1n) is 5.02. The second-order valence-corrected chi connectivity index (χ2v) is 3.90. The maximum atomic E-state index is 10.9. The highest BCUT2D eigenvalue weighted by molar-refractivity contribution is 9.08. The van der Waals surface area contributed by atoms with Gasteiger partial charge in [-0.25, -0.2) is 0 Å². The van der Waals surface area contributed by atoms with Crippen LogP contribution in [0.3, 0.4) is 0 Å². The van der Waals surface area contributed by atoms with Crippen LogP contribution in [0, 0.1) is 21.4 Å². The molecule has 1 aromatic carbocycles. The Morgan fingerprint density at radius 1 is 1.65 bits per heavy atom. The summed E-state index contributed by atoms with van der Waals surface area (Å²) in [5, 5.41) is 20.2. The van der Waals surface area contributed by atoms with Gasteiger partial charge in [-0.2, -0.15) is 5.26 Å². The van der Waals surface area contributed by atoms with Crippen LogP contribution < -0.4 is 4.74 Å². The van der Waals surface area contributed by atoms with E-state index >= 15 is 0 Å². The maximum absolute atomic E-state index is 10.9. The lowest BCUT2D eigenvalue weighted by Crippen LogP contribution is -2.13. The molecule has 0 aliphatic heterocycles. The second-order valence-electron chi connectivity index (χ2n) is 3.34. The first-order chi connectivity index (χ1) is 8.12. The van der Waals surface area contributed by atoms with Crippen molar-refractivity contribution in [2.75, 3.05) is 0 Å². The van der Waals surface area contributed by atoms with E-state index in [2.05, 4.69) is 15.9 Å². The van der Waals surface area contributed by atoms with Gasteiger partial charge in [-0.05, 0) is 18.1 Å². The van der Waals surface area contributed by atoms with Gasteiger partial charge in [0.15, 0.2) is 11.9 Å². The molecule has 0 aliphatic carbocycles. The molecule has 0 saturated heterocycles. The third kappa shape index (κ3) is 3.43. The van der Waals surface area contributed by atoms with Crippen LogP contribution >= 0.6 is 15.9 Å². The number of nitro groups is 1. The van der Waals surface area contributed by atoms with Crippen molar-refractivity contribution in [3.8, 4) is 11.8 Å². The van der Waals surface area contributed by atoms with Gasteiger partial charge in [0.05, 0.1) is 4.92 Å². The summed E-state index contributed by atoms with van der Waals surface area (Å²) in [5.74, 6) is 0.133. The molecule has 0 radical (unpaired) electrons. The Kier molecular flexibility index (Phi) is 4.91. The zero-order valence-corrected chi connectivity index (χ0v) is 10.8. The fourth-order valence-electron chi connectivity index (χ4n) is 1.24.